The number of carboxylic acid groups (broad SMARTS) is 1. The van der Waals surface area contributed by atoms with Gasteiger partial charge < -0.3 is 5.11 Å². The van der Waals surface area contributed by atoms with Crippen LogP contribution in [0.2, 0.25) is 0 Å². The number of hydrogen-bond acceptors (Lipinski definition) is 1. The van der Waals surface area contributed by atoms with E-state index < -0.39 is 23.2 Å². The summed E-state index contributed by atoms with van der Waals surface area (Å²) < 4.78 is 25.6. The van der Waals surface area contributed by atoms with E-state index in [-0.39, 0.29) is 12.8 Å². The van der Waals surface area contributed by atoms with Crippen LogP contribution in [0, 0.1) is 23.2 Å². The van der Waals surface area contributed by atoms with Crippen molar-refractivity contribution in [1.82, 2.24) is 0 Å². The minimum Gasteiger partial charge on any atom is -0.481 e. The topological polar surface area (TPSA) is 37.3 Å². The number of carboxylic acids is 1. The summed E-state index contributed by atoms with van der Waals surface area (Å²) in [5, 5.41) is 9.20. The smallest absolute Gasteiger partial charge is 0.309 e. The van der Waals surface area contributed by atoms with E-state index in [0.717, 1.165) is 6.42 Å². The lowest BCUT2D eigenvalue weighted by Gasteiger charge is -2.25. The van der Waals surface area contributed by atoms with E-state index >= 15 is 0 Å². The number of alkyl halides is 2. The molecule has 0 saturated heterocycles. The van der Waals surface area contributed by atoms with Crippen molar-refractivity contribution in [3.63, 3.8) is 0 Å². The maximum absolute atomic E-state index is 12.8. The minimum absolute atomic E-state index is 0.0998. The molecule has 1 N–H and O–H groups in total. The molecule has 3 atom stereocenters. The zero-order valence-corrected chi connectivity index (χ0v) is 8.38. The first-order chi connectivity index (χ1) is 6.93. The second-order valence-electron chi connectivity index (χ2n) is 5.62. The summed E-state index contributed by atoms with van der Waals surface area (Å²) in [6, 6.07) is 0. The predicted octanol–water partition coefficient (Wildman–Crippen LogP) is 2.53. The van der Waals surface area contributed by atoms with Crippen molar-refractivity contribution in [2.75, 3.05) is 0 Å². The summed E-state index contributed by atoms with van der Waals surface area (Å²) >= 11 is 0. The molecule has 3 unspecified atom stereocenters. The highest BCUT2D eigenvalue weighted by molar-refractivity contribution is 5.75. The van der Waals surface area contributed by atoms with E-state index in [9.17, 15) is 18.7 Å². The van der Waals surface area contributed by atoms with Gasteiger partial charge in [0.1, 0.15) is 0 Å². The maximum Gasteiger partial charge on any atom is 0.309 e. The Morgan fingerprint density at radius 1 is 1.27 bits per heavy atom. The van der Waals surface area contributed by atoms with Crippen molar-refractivity contribution in [2.24, 2.45) is 23.2 Å². The molecular weight excluding hydrogens is 202 g/mol. The van der Waals surface area contributed by atoms with Gasteiger partial charge in [-0.1, -0.05) is 0 Å². The van der Waals surface area contributed by atoms with Gasteiger partial charge in [-0.25, -0.2) is 8.78 Å². The Morgan fingerprint density at radius 3 is 2.20 bits per heavy atom. The number of carbonyl (C=O) groups is 1. The van der Waals surface area contributed by atoms with Gasteiger partial charge in [-0.15, -0.1) is 0 Å². The van der Waals surface area contributed by atoms with E-state index in [1.165, 1.54) is 0 Å². The van der Waals surface area contributed by atoms with Gasteiger partial charge in [0, 0.05) is 12.3 Å². The number of rotatable bonds is 3. The predicted molar refractivity (Wildman–Crippen MR) is 48.6 cm³/mol. The van der Waals surface area contributed by atoms with Gasteiger partial charge in [0.25, 0.3) is 5.92 Å². The molecule has 0 amide bonds. The zero-order valence-electron chi connectivity index (χ0n) is 8.38. The molecule has 0 radical (unpaired) electrons. The lowest BCUT2D eigenvalue weighted by Crippen LogP contribution is -2.30. The second kappa shape index (κ2) is 2.53. The van der Waals surface area contributed by atoms with Crippen LogP contribution >= 0.6 is 0 Å². The Bertz CT molecular complexity index is 317. The molecule has 3 fully saturated rings. The SMILES string of the molecule is O=C(O)C1(CC2CC2(F)F)CC2CC2C1. The first kappa shape index (κ1) is 9.55. The van der Waals surface area contributed by atoms with Crippen molar-refractivity contribution in [1.29, 1.82) is 0 Å². The van der Waals surface area contributed by atoms with Gasteiger partial charge in [0.15, 0.2) is 0 Å². The molecule has 0 bridgehead atoms. The van der Waals surface area contributed by atoms with E-state index in [4.69, 9.17) is 0 Å². The Kier molecular flexibility index (Phi) is 1.61. The molecule has 0 aromatic rings. The molecule has 0 spiro atoms. The first-order valence-corrected chi connectivity index (χ1v) is 5.54. The lowest BCUT2D eigenvalue weighted by atomic mass is 9.78. The molecule has 0 aliphatic heterocycles. The standard InChI is InChI=1S/C11H14F2O2/c12-11(13)5-8(11)4-10(9(14)15)2-6-1-7(6)3-10/h6-8H,1-5H2,(H,14,15). The number of fused-ring (bicyclic) bond motifs is 1. The third-order valence-electron chi connectivity index (χ3n) is 4.42. The highest BCUT2D eigenvalue weighted by atomic mass is 19.3. The van der Waals surface area contributed by atoms with Crippen molar-refractivity contribution >= 4 is 5.97 Å². The van der Waals surface area contributed by atoms with Gasteiger partial charge in [0.05, 0.1) is 5.41 Å². The molecule has 3 saturated carbocycles. The van der Waals surface area contributed by atoms with Crippen molar-refractivity contribution < 1.29 is 18.7 Å². The van der Waals surface area contributed by atoms with Crippen LogP contribution in [0.15, 0.2) is 0 Å². The van der Waals surface area contributed by atoms with Gasteiger partial charge in [-0.05, 0) is 37.5 Å². The lowest BCUT2D eigenvalue weighted by molar-refractivity contribution is -0.150. The van der Waals surface area contributed by atoms with Crippen LogP contribution < -0.4 is 0 Å². The van der Waals surface area contributed by atoms with Crippen LogP contribution in [0.1, 0.15) is 32.1 Å². The van der Waals surface area contributed by atoms with Gasteiger partial charge >= 0.3 is 5.97 Å². The molecule has 0 aromatic carbocycles. The van der Waals surface area contributed by atoms with Crippen LogP contribution in [0.4, 0.5) is 8.78 Å². The molecule has 3 aliphatic rings. The average Bonchev–Trinajstić information content (AvgIpc) is 2.92. The van der Waals surface area contributed by atoms with E-state index in [0.29, 0.717) is 24.7 Å². The molecule has 0 heterocycles. The Morgan fingerprint density at radius 2 is 1.80 bits per heavy atom. The maximum atomic E-state index is 12.8. The van der Waals surface area contributed by atoms with Crippen LogP contribution in [0.25, 0.3) is 0 Å². The Hall–Kier alpha value is -0.670. The molecule has 84 valence electrons. The average molecular weight is 216 g/mol. The fourth-order valence-corrected chi connectivity index (χ4v) is 3.29. The van der Waals surface area contributed by atoms with Crippen molar-refractivity contribution in [3.8, 4) is 0 Å². The number of aliphatic carboxylic acids is 1. The van der Waals surface area contributed by atoms with E-state index in [1.807, 2.05) is 0 Å². The normalized spacial score (nSPS) is 49.9. The van der Waals surface area contributed by atoms with E-state index in [1.54, 1.807) is 0 Å². The van der Waals surface area contributed by atoms with Crippen molar-refractivity contribution in [3.05, 3.63) is 0 Å². The molecule has 2 nitrogen and oxygen atoms in total. The third kappa shape index (κ3) is 1.37. The Labute approximate surface area is 86.7 Å². The molecule has 15 heavy (non-hydrogen) atoms. The first-order valence-electron chi connectivity index (χ1n) is 5.54. The van der Waals surface area contributed by atoms with Gasteiger partial charge in [-0.3, -0.25) is 4.79 Å². The van der Waals surface area contributed by atoms with Gasteiger partial charge in [0.2, 0.25) is 0 Å². The highest BCUT2D eigenvalue weighted by Gasteiger charge is 2.64. The van der Waals surface area contributed by atoms with Crippen LogP contribution in [-0.4, -0.2) is 17.0 Å². The van der Waals surface area contributed by atoms with Crippen LogP contribution in [0.5, 0.6) is 0 Å². The fraction of sp³-hybridized carbons (Fsp3) is 0.909. The highest BCUT2D eigenvalue weighted by Crippen LogP contribution is 2.65. The zero-order chi connectivity index (χ0) is 10.8. The summed E-state index contributed by atoms with van der Waals surface area (Å²) in [7, 11) is 0. The van der Waals surface area contributed by atoms with Gasteiger partial charge in [-0.2, -0.15) is 0 Å². The third-order valence-corrected chi connectivity index (χ3v) is 4.42. The van der Waals surface area contributed by atoms with Crippen LogP contribution in [0.3, 0.4) is 0 Å². The monoisotopic (exact) mass is 216 g/mol. The molecule has 3 aliphatic carbocycles. The summed E-state index contributed by atoms with van der Waals surface area (Å²) in [6.45, 7) is 0. The van der Waals surface area contributed by atoms with E-state index in [2.05, 4.69) is 0 Å². The molecule has 3 rings (SSSR count). The van der Waals surface area contributed by atoms with Crippen molar-refractivity contribution in [2.45, 2.75) is 38.0 Å². The number of halogens is 2. The fourth-order valence-electron chi connectivity index (χ4n) is 3.29. The molecule has 4 heteroatoms. The summed E-state index contributed by atoms with van der Waals surface area (Å²) in [5.74, 6) is -3.04. The quantitative estimate of drug-likeness (QED) is 0.787. The van der Waals surface area contributed by atoms with Crippen LogP contribution in [-0.2, 0) is 4.79 Å². The molecule has 0 aromatic heterocycles. The molecular formula is C11H14F2O2. The summed E-state index contributed by atoms with van der Waals surface area (Å²) in [6.07, 6.45) is 2.49. The number of hydrogen-bond donors (Lipinski definition) is 1. The second-order valence-corrected chi connectivity index (χ2v) is 5.62. The Balaban J connectivity index is 1.72. The largest absolute Gasteiger partial charge is 0.481 e. The minimum atomic E-state index is -2.57. The summed E-state index contributed by atoms with van der Waals surface area (Å²) in [5.41, 5.74) is -0.807. The summed E-state index contributed by atoms with van der Waals surface area (Å²) in [4.78, 5) is 11.2.